The van der Waals surface area contributed by atoms with E-state index in [2.05, 4.69) is 26.2 Å². The molecule has 1 aromatic carbocycles. The molecule has 0 amide bonds. The van der Waals surface area contributed by atoms with Gasteiger partial charge in [0.05, 0.1) is 27.4 Å². The Morgan fingerprint density at radius 1 is 1.33 bits per heavy atom. The Kier molecular flexibility index (Phi) is 3.97. The molecule has 0 aliphatic heterocycles. The summed E-state index contributed by atoms with van der Waals surface area (Å²) in [6.07, 6.45) is 0. The summed E-state index contributed by atoms with van der Waals surface area (Å²) in [6.45, 7) is 3.78. The molecule has 2 nitrogen and oxygen atoms in total. The van der Waals surface area contributed by atoms with Crippen LogP contribution < -0.4 is 5.32 Å². The number of anilines is 1. The molecule has 0 spiro atoms. The van der Waals surface area contributed by atoms with E-state index in [1.54, 1.807) is 5.51 Å². The van der Waals surface area contributed by atoms with Crippen LogP contribution in [0.2, 0.25) is 0 Å². The summed E-state index contributed by atoms with van der Waals surface area (Å²) in [5, 5.41) is 2.96. The molecule has 2 aromatic rings. The van der Waals surface area contributed by atoms with Gasteiger partial charge >= 0.3 is 0 Å². The first-order valence-corrected chi connectivity index (χ1v) is 6.97. The van der Waals surface area contributed by atoms with Crippen LogP contribution in [0.1, 0.15) is 23.5 Å². The van der Waals surface area contributed by atoms with Crippen LogP contribution in [-0.2, 0) is 0 Å². The molecule has 0 aliphatic carbocycles. The first kappa shape index (κ1) is 13.4. The van der Waals surface area contributed by atoms with Gasteiger partial charge in [-0.05, 0) is 35.8 Å². The molecule has 1 unspecified atom stereocenters. The van der Waals surface area contributed by atoms with Gasteiger partial charge in [-0.2, -0.15) is 0 Å². The zero-order chi connectivity index (χ0) is 13.3. The van der Waals surface area contributed by atoms with Crippen molar-refractivity contribution < 1.29 is 8.78 Å². The Balaban J connectivity index is 2.24. The fourth-order valence-electron chi connectivity index (χ4n) is 1.66. The fraction of sp³-hybridized carbons (Fsp3) is 0.250. The van der Waals surface area contributed by atoms with Gasteiger partial charge in [0.2, 0.25) is 0 Å². The van der Waals surface area contributed by atoms with Crippen LogP contribution in [0.4, 0.5) is 14.5 Å². The summed E-state index contributed by atoms with van der Waals surface area (Å²) in [5.41, 5.74) is 2.79. The van der Waals surface area contributed by atoms with Gasteiger partial charge in [0.15, 0.2) is 0 Å². The van der Waals surface area contributed by atoms with Crippen molar-refractivity contribution in [2.75, 3.05) is 5.32 Å². The molecule has 0 saturated heterocycles. The van der Waals surface area contributed by atoms with Crippen molar-refractivity contribution in [2.24, 2.45) is 0 Å². The third-order valence-electron chi connectivity index (χ3n) is 2.56. The van der Waals surface area contributed by atoms with Gasteiger partial charge in [-0.25, -0.2) is 13.8 Å². The second-order valence-corrected chi connectivity index (χ2v) is 5.65. The quantitative estimate of drug-likeness (QED) is 0.826. The van der Waals surface area contributed by atoms with Crippen LogP contribution >= 0.6 is 27.3 Å². The van der Waals surface area contributed by atoms with E-state index in [1.165, 1.54) is 11.3 Å². The minimum atomic E-state index is -0.493. The molecule has 0 saturated carbocycles. The Hall–Kier alpha value is -1.01. The zero-order valence-electron chi connectivity index (χ0n) is 9.80. The molecule has 1 N–H and O–H groups in total. The van der Waals surface area contributed by atoms with Gasteiger partial charge in [-0.1, -0.05) is 0 Å². The van der Waals surface area contributed by atoms with E-state index in [1.807, 2.05) is 13.8 Å². The minimum absolute atomic E-state index is 0.118. The molecular formula is C12H11BrF2N2S. The zero-order valence-corrected chi connectivity index (χ0v) is 12.2. The molecule has 0 radical (unpaired) electrons. The Bertz CT molecular complexity index is 571. The van der Waals surface area contributed by atoms with Crippen molar-refractivity contribution in [1.82, 2.24) is 4.98 Å². The molecule has 0 aliphatic rings. The minimum Gasteiger partial charge on any atom is -0.375 e. The lowest BCUT2D eigenvalue weighted by Gasteiger charge is -2.15. The number of aryl methyl sites for hydroxylation is 1. The summed E-state index contributed by atoms with van der Waals surface area (Å²) < 4.78 is 27.1. The van der Waals surface area contributed by atoms with Gasteiger partial charge in [0, 0.05) is 10.9 Å². The number of rotatable bonds is 3. The van der Waals surface area contributed by atoms with Crippen molar-refractivity contribution in [3.05, 3.63) is 44.3 Å². The largest absolute Gasteiger partial charge is 0.375 e. The lowest BCUT2D eigenvalue weighted by molar-refractivity contribution is 0.595. The highest BCUT2D eigenvalue weighted by atomic mass is 79.9. The number of benzene rings is 1. The number of hydrogen-bond acceptors (Lipinski definition) is 3. The molecule has 0 fully saturated rings. The topological polar surface area (TPSA) is 24.9 Å². The highest BCUT2D eigenvalue weighted by Crippen LogP contribution is 2.29. The van der Waals surface area contributed by atoms with E-state index in [9.17, 15) is 8.78 Å². The standard InChI is InChI=1S/C12H11BrF2N2S/c1-6-12(18-5-16-6)7(2)17-11-4-9(14)8(13)3-10(11)15/h3-5,7,17H,1-2H3. The number of aromatic nitrogens is 1. The van der Waals surface area contributed by atoms with Crippen LogP contribution in [0.25, 0.3) is 0 Å². The predicted molar refractivity (Wildman–Crippen MR) is 72.9 cm³/mol. The predicted octanol–water partition coefficient (Wildman–Crippen LogP) is 4.67. The number of nitrogens with zero attached hydrogens (tertiary/aromatic N) is 1. The molecule has 18 heavy (non-hydrogen) atoms. The first-order valence-electron chi connectivity index (χ1n) is 5.30. The number of hydrogen-bond donors (Lipinski definition) is 1. The van der Waals surface area contributed by atoms with Gasteiger partial charge in [-0.15, -0.1) is 11.3 Å². The van der Waals surface area contributed by atoms with Crippen LogP contribution in [0.5, 0.6) is 0 Å². The first-order chi connectivity index (χ1) is 8.49. The normalized spacial score (nSPS) is 12.5. The van der Waals surface area contributed by atoms with Crippen molar-refractivity contribution in [1.29, 1.82) is 0 Å². The van der Waals surface area contributed by atoms with Gasteiger partial charge in [0.1, 0.15) is 11.6 Å². The lowest BCUT2D eigenvalue weighted by Crippen LogP contribution is -2.08. The van der Waals surface area contributed by atoms with Gasteiger partial charge in [-0.3, -0.25) is 0 Å². The summed E-state index contributed by atoms with van der Waals surface area (Å²) in [5.74, 6) is -0.982. The van der Waals surface area contributed by atoms with E-state index in [0.717, 1.165) is 22.7 Å². The molecule has 6 heteroatoms. The highest BCUT2D eigenvalue weighted by Gasteiger charge is 2.14. The summed E-state index contributed by atoms with van der Waals surface area (Å²) in [6, 6.07) is 2.14. The van der Waals surface area contributed by atoms with Crippen LogP contribution in [0, 0.1) is 18.6 Å². The van der Waals surface area contributed by atoms with E-state index >= 15 is 0 Å². The number of thiazole rings is 1. The lowest BCUT2D eigenvalue weighted by atomic mass is 10.2. The SMILES string of the molecule is Cc1ncsc1C(C)Nc1cc(F)c(Br)cc1F. The van der Waals surface area contributed by atoms with Crippen molar-refractivity contribution in [3.8, 4) is 0 Å². The van der Waals surface area contributed by atoms with Crippen LogP contribution in [0.15, 0.2) is 22.1 Å². The smallest absolute Gasteiger partial charge is 0.147 e. The van der Waals surface area contributed by atoms with E-state index in [-0.39, 0.29) is 16.2 Å². The monoisotopic (exact) mass is 332 g/mol. The summed E-state index contributed by atoms with van der Waals surface area (Å²) in [4.78, 5) is 5.15. The maximum Gasteiger partial charge on any atom is 0.147 e. The maximum absolute atomic E-state index is 13.7. The molecule has 96 valence electrons. The maximum atomic E-state index is 13.7. The van der Waals surface area contributed by atoms with E-state index in [0.29, 0.717) is 0 Å². The van der Waals surface area contributed by atoms with E-state index < -0.39 is 11.6 Å². The summed E-state index contributed by atoms with van der Waals surface area (Å²) in [7, 11) is 0. The van der Waals surface area contributed by atoms with Crippen molar-refractivity contribution in [3.63, 3.8) is 0 Å². The summed E-state index contributed by atoms with van der Waals surface area (Å²) >= 11 is 4.44. The second kappa shape index (κ2) is 5.32. The average molecular weight is 333 g/mol. The second-order valence-electron chi connectivity index (χ2n) is 3.91. The molecule has 1 atom stereocenters. The van der Waals surface area contributed by atoms with Crippen molar-refractivity contribution >= 4 is 33.0 Å². The van der Waals surface area contributed by atoms with Crippen molar-refractivity contribution in [2.45, 2.75) is 19.9 Å². The molecular weight excluding hydrogens is 322 g/mol. The highest BCUT2D eigenvalue weighted by molar-refractivity contribution is 9.10. The Morgan fingerprint density at radius 2 is 2.06 bits per heavy atom. The fourth-order valence-corrected chi connectivity index (χ4v) is 2.78. The molecule has 1 aromatic heterocycles. The number of halogens is 3. The van der Waals surface area contributed by atoms with Crippen LogP contribution in [-0.4, -0.2) is 4.98 Å². The molecule has 0 bridgehead atoms. The van der Waals surface area contributed by atoms with Gasteiger partial charge < -0.3 is 5.32 Å². The molecule has 2 rings (SSSR count). The van der Waals surface area contributed by atoms with E-state index in [4.69, 9.17) is 0 Å². The Labute approximate surface area is 116 Å². The number of nitrogens with one attached hydrogen (secondary N) is 1. The molecule has 1 heterocycles. The Morgan fingerprint density at radius 3 is 2.67 bits per heavy atom. The van der Waals surface area contributed by atoms with Gasteiger partial charge in [0.25, 0.3) is 0 Å². The average Bonchev–Trinajstić information content (AvgIpc) is 2.72. The van der Waals surface area contributed by atoms with Crippen LogP contribution in [0.3, 0.4) is 0 Å². The third-order valence-corrected chi connectivity index (χ3v) is 4.28. The third kappa shape index (κ3) is 2.70.